The third kappa shape index (κ3) is 4.00. The molecule has 1 aromatic heterocycles. The lowest BCUT2D eigenvalue weighted by molar-refractivity contribution is 0.168. The maximum Gasteiger partial charge on any atom is 0.194 e. The topological polar surface area (TPSA) is 56.9 Å². The first-order valence-electron chi connectivity index (χ1n) is 8.50. The van der Waals surface area contributed by atoms with Crippen LogP contribution in [0, 0.1) is 5.92 Å². The van der Waals surface area contributed by atoms with Crippen molar-refractivity contribution in [3.05, 3.63) is 18.0 Å². The fourth-order valence-electron chi connectivity index (χ4n) is 2.98. The van der Waals surface area contributed by atoms with Crippen molar-refractivity contribution >= 4 is 5.96 Å². The number of piperazine rings is 1. The molecule has 2 aliphatic rings. The summed E-state index contributed by atoms with van der Waals surface area (Å²) in [4.78, 5) is 9.66. The number of hydrogen-bond acceptors (Lipinski definition) is 4. The fourth-order valence-corrected chi connectivity index (χ4v) is 2.98. The first-order valence-corrected chi connectivity index (χ1v) is 8.50. The molecule has 1 aliphatic heterocycles. The lowest BCUT2D eigenvalue weighted by atomic mass is 9.86. The highest BCUT2D eigenvalue weighted by atomic mass is 16.5. The molecule has 1 N–H and O–H groups in total. The number of rotatable bonds is 5. The minimum absolute atomic E-state index is 0.821. The molecule has 122 valence electrons. The molecule has 1 saturated carbocycles. The van der Waals surface area contributed by atoms with Gasteiger partial charge < -0.3 is 14.7 Å². The van der Waals surface area contributed by atoms with E-state index in [1.54, 1.807) is 6.26 Å². The number of aromatic nitrogens is 1. The van der Waals surface area contributed by atoms with Gasteiger partial charge in [0.2, 0.25) is 0 Å². The maximum atomic E-state index is 4.90. The van der Waals surface area contributed by atoms with Crippen LogP contribution in [0.4, 0.5) is 0 Å². The molecule has 0 aromatic carbocycles. The Morgan fingerprint density at radius 3 is 2.77 bits per heavy atom. The van der Waals surface area contributed by atoms with Crippen molar-refractivity contribution in [2.45, 2.75) is 32.7 Å². The summed E-state index contributed by atoms with van der Waals surface area (Å²) in [5.41, 5.74) is 1.01. The Kier molecular flexibility index (Phi) is 5.32. The zero-order valence-corrected chi connectivity index (χ0v) is 13.5. The molecule has 2 heterocycles. The minimum Gasteiger partial charge on any atom is -0.364 e. The van der Waals surface area contributed by atoms with Crippen LogP contribution in [0.3, 0.4) is 0 Å². The Balaban J connectivity index is 1.48. The average molecular weight is 305 g/mol. The Morgan fingerprint density at radius 2 is 2.18 bits per heavy atom. The van der Waals surface area contributed by atoms with E-state index in [1.807, 2.05) is 6.07 Å². The fraction of sp³-hybridized carbons (Fsp3) is 0.750. The van der Waals surface area contributed by atoms with E-state index in [0.29, 0.717) is 0 Å². The van der Waals surface area contributed by atoms with Crippen molar-refractivity contribution < 1.29 is 4.52 Å². The van der Waals surface area contributed by atoms with E-state index in [1.165, 1.54) is 19.3 Å². The summed E-state index contributed by atoms with van der Waals surface area (Å²) >= 11 is 0. The van der Waals surface area contributed by atoms with Gasteiger partial charge in [-0.05, 0) is 25.7 Å². The van der Waals surface area contributed by atoms with Crippen molar-refractivity contribution in [3.8, 4) is 0 Å². The van der Waals surface area contributed by atoms with Crippen molar-refractivity contribution in [1.82, 2.24) is 20.3 Å². The zero-order chi connectivity index (χ0) is 15.2. The monoisotopic (exact) mass is 305 g/mol. The summed E-state index contributed by atoms with van der Waals surface area (Å²) in [6, 6.07) is 1.94. The molecule has 0 bridgehead atoms. The lowest BCUT2D eigenvalue weighted by Crippen LogP contribution is -2.52. The van der Waals surface area contributed by atoms with Crippen molar-refractivity contribution in [2.24, 2.45) is 10.9 Å². The minimum atomic E-state index is 0.821. The van der Waals surface area contributed by atoms with Crippen molar-refractivity contribution in [1.29, 1.82) is 0 Å². The predicted molar refractivity (Wildman–Crippen MR) is 86.7 cm³/mol. The van der Waals surface area contributed by atoms with Crippen LogP contribution in [0.5, 0.6) is 0 Å². The van der Waals surface area contributed by atoms with Gasteiger partial charge in [-0.15, -0.1) is 0 Å². The second-order valence-electron chi connectivity index (χ2n) is 6.25. The van der Waals surface area contributed by atoms with E-state index >= 15 is 0 Å². The van der Waals surface area contributed by atoms with Gasteiger partial charge in [0, 0.05) is 51.9 Å². The number of nitrogens with zero attached hydrogens (tertiary/aromatic N) is 4. The number of guanidine groups is 1. The molecule has 6 heteroatoms. The molecular formula is C16H27N5O. The highest BCUT2D eigenvalue weighted by Gasteiger charge is 2.21. The van der Waals surface area contributed by atoms with Gasteiger partial charge in [-0.2, -0.15) is 0 Å². The van der Waals surface area contributed by atoms with Crippen LogP contribution in [0.2, 0.25) is 0 Å². The molecule has 3 rings (SSSR count). The van der Waals surface area contributed by atoms with Gasteiger partial charge in [0.1, 0.15) is 6.26 Å². The Hall–Kier alpha value is -1.56. The summed E-state index contributed by atoms with van der Waals surface area (Å²) in [6.45, 7) is 9.06. The highest BCUT2D eigenvalue weighted by molar-refractivity contribution is 5.80. The molecular weight excluding hydrogens is 278 g/mol. The van der Waals surface area contributed by atoms with E-state index in [-0.39, 0.29) is 0 Å². The first kappa shape index (κ1) is 15.3. The second kappa shape index (κ2) is 7.63. The molecule has 0 radical (unpaired) electrons. The van der Waals surface area contributed by atoms with E-state index in [9.17, 15) is 0 Å². The van der Waals surface area contributed by atoms with Gasteiger partial charge in [0.05, 0.1) is 5.69 Å². The lowest BCUT2D eigenvalue weighted by Gasteiger charge is -2.36. The van der Waals surface area contributed by atoms with Crippen LogP contribution in [-0.4, -0.2) is 60.2 Å². The zero-order valence-electron chi connectivity index (χ0n) is 13.5. The Morgan fingerprint density at radius 1 is 1.36 bits per heavy atom. The normalized spacial score (nSPS) is 21.0. The van der Waals surface area contributed by atoms with E-state index < -0.39 is 0 Å². The third-order valence-corrected chi connectivity index (χ3v) is 4.61. The quantitative estimate of drug-likeness (QED) is 0.661. The summed E-state index contributed by atoms with van der Waals surface area (Å²) in [5.74, 6) is 1.91. The summed E-state index contributed by atoms with van der Waals surface area (Å²) in [6.07, 6.45) is 5.74. The highest BCUT2D eigenvalue weighted by Crippen LogP contribution is 2.26. The summed E-state index contributed by atoms with van der Waals surface area (Å²) in [7, 11) is 0. The first-order chi connectivity index (χ1) is 10.8. The molecule has 1 aromatic rings. The van der Waals surface area contributed by atoms with Crippen LogP contribution in [-0.2, 0) is 6.54 Å². The Bertz CT molecular complexity index is 461. The van der Waals surface area contributed by atoms with Crippen molar-refractivity contribution in [2.75, 3.05) is 39.3 Å². The maximum absolute atomic E-state index is 4.90. The van der Waals surface area contributed by atoms with Crippen LogP contribution < -0.4 is 5.32 Å². The number of nitrogens with one attached hydrogen (secondary N) is 1. The molecule has 0 unspecified atom stereocenters. The predicted octanol–water partition coefficient (Wildman–Crippen LogP) is 1.56. The molecule has 0 amide bonds. The Labute approximate surface area is 132 Å². The molecule has 6 nitrogen and oxygen atoms in total. The second-order valence-corrected chi connectivity index (χ2v) is 6.25. The van der Waals surface area contributed by atoms with Gasteiger partial charge in [-0.1, -0.05) is 11.6 Å². The molecule has 2 fully saturated rings. The number of hydrogen-bond donors (Lipinski definition) is 1. The van der Waals surface area contributed by atoms with Crippen LogP contribution in [0.1, 0.15) is 31.9 Å². The number of aliphatic imine (C=N–C) groups is 1. The van der Waals surface area contributed by atoms with Crippen LogP contribution in [0.25, 0.3) is 0 Å². The van der Waals surface area contributed by atoms with Gasteiger partial charge in [0.15, 0.2) is 5.96 Å². The van der Waals surface area contributed by atoms with Crippen LogP contribution in [0.15, 0.2) is 21.8 Å². The average Bonchev–Trinajstić information content (AvgIpc) is 2.98. The molecule has 1 aliphatic carbocycles. The van der Waals surface area contributed by atoms with Gasteiger partial charge in [-0.25, -0.2) is 0 Å². The molecule has 0 spiro atoms. The molecule has 0 atom stereocenters. The van der Waals surface area contributed by atoms with Crippen molar-refractivity contribution in [3.63, 3.8) is 0 Å². The molecule has 22 heavy (non-hydrogen) atoms. The summed E-state index contributed by atoms with van der Waals surface area (Å²) in [5, 5.41) is 7.44. The third-order valence-electron chi connectivity index (χ3n) is 4.61. The SMILES string of the molecule is CCNC(=NCC1CCC1)N1CCN(Cc2ccon2)CC1. The standard InChI is InChI=1S/C16H27N5O/c1-2-17-16(18-12-14-4-3-5-14)21-9-7-20(8-10-21)13-15-6-11-22-19-15/h6,11,14H,2-5,7-10,12-13H2,1H3,(H,17,18). The summed E-state index contributed by atoms with van der Waals surface area (Å²) < 4.78 is 4.90. The molecule has 1 saturated heterocycles. The van der Waals surface area contributed by atoms with E-state index in [0.717, 1.165) is 63.4 Å². The smallest absolute Gasteiger partial charge is 0.194 e. The van der Waals surface area contributed by atoms with E-state index in [4.69, 9.17) is 9.52 Å². The van der Waals surface area contributed by atoms with Gasteiger partial charge in [0.25, 0.3) is 0 Å². The van der Waals surface area contributed by atoms with Crippen LogP contribution >= 0.6 is 0 Å². The largest absolute Gasteiger partial charge is 0.364 e. The van der Waals surface area contributed by atoms with E-state index in [2.05, 4.69) is 27.2 Å². The van der Waals surface area contributed by atoms with Gasteiger partial charge >= 0.3 is 0 Å². The van der Waals surface area contributed by atoms with Gasteiger partial charge in [-0.3, -0.25) is 9.89 Å².